The third kappa shape index (κ3) is 2.87. The zero-order chi connectivity index (χ0) is 10.6. The minimum atomic E-state index is -0.269. The average Bonchev–Trinajstić information content (AvgIpc) is 2.10. The summed E-state index contributed by atoms with van der Waals surface area (Å²) >= 11 is 0. The number of hydrogen-bond donors (Lipinski definition) is 1. The van der Waals surface area contributed by atoms with Crippen molar-refractivity contribution in [1.29, 1.82) is 0 Å². The van der Waals surface area contributed by atoms with Crippen LogP contribution in [-0.2, 0) is 14.3 Å². The van der Waals surface area contributed by atoms with E-state index in [0.717, 1.165) is 24.8 Å². The van der Waals surface area contributed by atoms with Crippen molar-refractivity contribution in [3.05, 3.63) is 11.6 Å². The number of carbonyl (C=O) groups is 2. The van der Waals surface area contributed by atoms with Crippen LogP contribution < -0.4 is 5.73 Å². The Morgan fingerprint density at radius 2 is 2.29 bits per heavy atom. The number of primary amides is 1. The molecule has 0 aromatic carbocycles. The average molecular weight is 197 g/mol. The van der Waals surface area contributed by atoms with E-state index in [2.05, 4.69) is 0 Å². The molecule has 14 heavy (non-hydrogen) atoms. The van der Waals surface area contributed by atoms with E-state index in [4.69, 9.17) is 10.5 Å². The van der Waals surface area contributed by atoms with Gasteiger partial charge in [-0.2, -0.15) is 0 Å². The standard InChI is InChI=1S/C10H15NO3/c1-7-8(10(13)14-7)5-3-2-4-6-9(11)12/h5,7H,2-4,6H2,1H3,(H2,11,12)/b8-5-. The van der Waals surface area contributed by atoms with Crippen molar-refractivity contribution in [2.24, 2.45) is 5.73 Å². The summed E-state index contributed by atoms with van der Waals surface area (Å²) in [6.07, 6.45) is 4.72. The number of cyclic esters (lactones) is 1. The Labute approximate surface area is 83.1 Å². The number of unbranched alkanes of at least 4 members (excludes halogenated alkanes) is 2. The van der Waals surface area contributed by atoms with Gasteiger partial charge in [-0.1, -0.05) is 6.08 Å². The van der Waals surface area contributed by atoms with Gasteiger partial charge in [-0.15, -0.1) is 0 Å². The quantitative estimate of drug-likeness (QED) is 0.404. The van der Waals surface area contributed by atoms with Crippen LogP contribution in [-0.4, -0.2) is 18.0 Å². The molecule has 4 heteroatoms. The topological polar surface area (TPSA) is 69.4 Å². The minimum absolute atomic E-state index is 0.0568. The first-order chi connectivity index (χ1) is 6.61. The van der Waals surface area contributed by atoms with Gasteiger partial charge in [-0.3, -0.25) is 4.79 Å². The van der Waals surface area contributed by atoms with Crippen molar-refractivity contribution in [2.45, 2.75) is 38.7 Å². The molecule has 1 unspecified atom stereocenters. The van der Waals surface area contributed by atoms with Crippen LogP contribution >= 0.6 is 0 Å². The molecule has 4 nitrogen and oxygen atoms in total. The summed E-state index contributed by atoms with van der Waals surface area (Å²) in [5, 5.41) is 0. The Kier molecular flexibility index (Phi) is 3.68. The number of rotatable bonds is 5. The molecule has 1 heterocycles. The van der Waals surface area contributed by atoms with E-state index in [1.165, 1.54) is 0 Å². The van der Waals surface area contributed by atoms with Crippen LogP contribution in [0.5, 0.6) is 0 Å². The number of esters is 1. The molecule has 1 saturated heterocycles. The van der Waals surface area contributed by atoms with Crippen LogP contribution in [0.3, 0.4) is 0 Å². The smallest absolute Gasteiger partial charge is 0.338 e. The first-order valence-corrected chi connectivity index (χ1v) is 4.80. The van der Waals surface area contributed by atoms with Crippen molar-refractivity contribution in [3.8, 4) is 0 Å². The highest BCUT2D eigenvalue weighted by Crippen LogP contribution is 2.21. The maximum atomic E-state index is 10.8. The number of amides is 1. The molecule has 1 atom stereocenters. The lowest BCUT2D eigenvalue weighted by Crippen LogP contribution is -2.33. The second kappa shape index (κ2) is 4.79. The summed E-state index contributed by atoms with van der Waals surface area (Å²) in [5.41, 5.74) is 5.74. The van der Waals surface area contributed by atoms with Crippen molar-refractivity contribution in [1.82, 2.24) is 0 Å². The fraction of sp³-hybridized carbons (Fsp3) is 0.600. The van der Waals surface area contributed by atoms with Crippen molar-refractivity contribution in [3.63, 3.8) is 0 Å². The minimum Gasteiger partial charge on any atom is -0.454 e. The second-order valence-electron chi connectivity index (χ2n) is 3.42. The lowest BCUT2D eigenvalue weighted by Gasteiger charge is -2.25. The van der Waals surface area contributed by atoms with E-state index in [1.807, 2.05) is 13.0 Å². The summed E-state index contributed by atoms with van der Waals surface area (Å²) in [6.45, 7) is 1.84. The third-order valence-electron chi connectivity index (χ3n) is 2.20. The number of carbonyl (C=O) groups excluding carboxylic acids is 2. The molecule has 0 saturated carbocycles. The van der Waals surface area contributed by atoms with Crippen LogP contribution in [0, 0.1) is 0 Å². The van der Waals surface area contributed by atoms with Crippen LogP contribution in [0.25, 0.3) is 0 Å². The molecule has 0 bridgehead atoms. The van der Waals surface area contributed by atoms with E-state index in [0.29, 0.717) is 6.42 Å². The van der Waals surface area contributed by atoms with Gasteiger partial charge < -0.3 is 10.5 Å². The summed E-state index contributed by atoms with van der Waals surface area (Å²) in [6, 6.07) is 0. The van der Waals surface area contributed by atoms with Gasteiger partial charge in [-0.25, -0.2) is 4.79 Å². The lowest BCUT2D eigenvalue weighted by molar-refractivity contribution is -0.154. The van der Waals surface area contributed by atoms with Gasteiger partial charge in [0, 0.05) is 6.42 Å². The number of ether oxygens (including phenoxy) is 1. The molecule has 0 aromatic heterocycles. The first-order valence-electron chi connectivity index (χ1n) is 4.80. The third-order valence-corrected chi connectivity index (χ3v) is 2.20. The molecule has 1 fully saturated rings. The molecule has 0 aliphatic carbocycles. The second-order valence-corrected chi connectivity index (χ2v) is 3.42. The largest absolute Gasteiger partial charge is 0.454 e. The van der Waals surface area contributed by atoms with Crippen LogP contribution in [0.1, 0.15) is 32.6 Å². The Morgan fingerprint density at radius 1 is 1.57 bits per heavy atom. The molecular weight excluding hydrogens is 182 g/mol. The van der Waals surface area contributed by atoms with Gasteiger partial charge in [0.15, 0.2) is 0 Å². The van der Waals surface area contributed by atoms with Gasteiger partial charge in [0.2, 0.25) is 5.91 Å². The summed E-state index contributed by atoms with van der Waals surface area (Å²) < 4.78 is 4.77. The van der Waals surface area contributed by atoms with Gasteiger partial charge in [0.1, 0.15) is 6.10 Å². The predicted molar refractivity (Wildman–Crippen MR) is 51.3 cm³/mol. The number of hydrogen-bond acceptors (Lipinski definition) is 3. The maximum Gasteiger partial charge on any atom is 0.338 e. The van der Waals surface area contributed by atoms with Gasteiger partial charge in [0.05, 0.1) is 5.57 Å². The number of nitrogens with two attached hydrogens (primary N) is 1. The van der Waals surface area contributed by atoms with E-state index >= 15 is 0 Å². The molecule has 1 aliphatic heterocycles. The monoisotopic (exact) mass is 197 g/mol. The maximum absolute atomic E-state index is 10.8. The Bertz CT molecular complexity index is 271. The molecule has 1 aliphatic rings. The Balaban J connectivity index is 2.14. The van der Waals surface area contributed by atoms with Crippen molar-refractivity contribution >= 4 is 11.9 Å². The van der Waals surface area contributed by atoms with E-state index in [1.54, 1.807) is 0 Å². The highest BCUT2D eigenvalue weighted by atomic mass is 16.6. The molecule has 0 spiro atoms. The van der Waals surface area contributed by atoms with Crippen molar-refractivity contribution in [2.75, 3.05) is 0 Å². The molecule has 0 radical (unpaired) electrons. The number of allylic oxidation sites excluding steroid dienone is 1. The molecule has 78 valence electrons. The van der Waals surface area contributed by atoms with Gasteiger partial charge in [0.25, 0.3) is 0 Å². The van der Waals surface area contributed by atoms with Crippen LogP contribution in [0.4, 0.5) is 0 Å². The first kappa shape index (κ1) is 10.8. The molecule has 0 aromatic rings. The fourth-order valence-electron chi connectivity index (χ4n) is 1.35. The van der Waals surface area contributed by atoms with Gasteiger partial charge >= 0.3 is 5.97 Å². The summed E-state index contributed by atoms with van der Waals surface area (Å²) in [7, 11) is 0. The zero-order valence-corrected chi connectivity index (χ0v) is 8.29. The highest BCUT2D eigenvalue weighted by molar-refractivity contribution is 5.95. The van der Waals surface area contributed by atoms with Crippen LogP contribution in [0.2, 0.25) is 0 Å². The highest BCUT2D eigenvalue weighted by Gasteiger charge is 2.30. The Hall–Kier alpha value is -1.32. The fourth-order valence-corrected chi connectivity index (χ4v) is 1.35. The van der Waals surface area contributed by atoms with Crippen LogP contribution in [0.15, 0.2) is 11.6 Å². The SMILES string of the molecule is CC1OC(=O)/C1=C\CCCCC(N)=O. The molecule has 1 rings (SSSR count). The molecular formula is C10H15NO3. The van der Waals surface area contributed by atoms with E-state index in [-0.39, 0.29) is 18.0 Å². The Morgan fingerprint density at radius 3 is 2.79 bits per heavy atom. The van der Waals surface area contributed by atoms with Crippen molar-refractivity contribution < 1.29 is 14.3 Å². The predicted octanol–water partition coefficient (Wildman–Crippen LogP) is 0.904. The summed E-state index contributed by atoms with van der Waals surface area (Å²) in [4.78, 5) is 21.2. The zero-order valence-electron chi connectivity index (χ0n) is 8.29. The van der Waals surface area contributed by atoms with Gasteiger partial charge in [-0.05, 0) is 26.2 Å². The lowest BCUT2D eigenvalue weighted by atomic mass is 10.0. The molecule has 2 N–H and O–H groups in total. The van der Waals surface area contributed by atoms with E-state index in [9.17, 15) is 9.59 Å². The summed E-state index contributed by atoms with van der Waals surface area (Å²) in [5.74, 6) is -0.485. The molecule has 1 amide bonds. The van der Waals surface area contributed by atoms with E-state index < -0.39 is 0 Å². The normalized spacial score (nSPS) is 23.1.